The van der Waals surface area contributed by atoms with Crippen LogP contribution < -0.4 is 10.1 Å². The van der Waals surface area contributed by atoms with Crippen LogP contribution in [0.4, 0.5) is 8.78 Å². The molecule has 0 spiro atoms. The van der Waals surface area contributed by atoms with Crippen LogP contribution in [0, 0.1) is 11.6 Å². The van der Waals surface area contributed by atoms with Crippen molar-refractivity contribution in [3.05, 3.63) is 107 Å². The van der Waals surface area contributed by atoms with Crippen molar-refractivity contribution in [1.82, 2.24) is 15.1 Å². The standard InChI is InChI=1S/C34H37F2N3O3/c1-23(40)39-21-28-20-29(33(31(22-39)37-28)34(41)38(2)16-15-24-8-4-3-5-9-24)26-12-6-10-25(18-26)11-7-17-42-32-19-27(35)13-14-30(32)36/h3-6,8-10,12-14,18-19,28,31,37H,7,11,15-17,20-22H2,1-2H3/t28-,31-/m1/s1. The maximum atomic E-state index is 14.0. The average molecular weight is 574 g/mol. The van der Waals surface area contributed by atoms with Crippen LogP contribution >= 0.6 is 0 Å². The predicted octanol–water partition coefficient (Wildman–Crippen LogP) is 5.02. The number of nitrogens with one attached hydrogen (secondary N) is 1. The van der Waals surface area contributed by atoms with E-state index in [1.54, 1.807) is 11.8 Å². The van der Waals surface area contributed by atoms with Gasteiger partial charge in [-0.05, 0) is 60.1 Å². The van der Waals surface area contributed by atoms with Crippen molar-refractivity contribution in [2.45, 2.75) is 44.7 Å². The van der Waals surface area contributed by atoms with E-state index in [4.69, 9.17) is 4.74 Å². The monoisotopic (exact) mass is 573 g/mol. The Hall–Kier alpha value is -4.04. The molecule has 2 atom stereocenters. The fraction of sp³-hybridized carbons (Fsp3) is 0.353. The second-order valence-electron chi connectivity index (χ2n) is 11.1. The second kappa shape index (κ2) is 13.3. The maximum Gasteiger partial charge on any atom is 0.251 e. The van der Waals surface area contributed by atoms with Crippen LogP contribution in [0.5, 0.6) is 5.75 Å². The summed E-state index contributed by atoms with van der Waals surface area (Å²) in [4.78, 5) is 29.9. The number of ether oxygens (including phenoxy) is 1. The van der Waals surface area contributed by atoms with Crippen molar-refractivity contribution in [1.29, 1.82) is 0 Å². The second-order valence-corrected chi connectivity index (χ2v) is 11.1. The van der Waals surface area contributed by atoms with E-state index in [9.17, 15) is 18.4 Å². The van der Waals surface area contributed by atoms with Gasteiger partial charge in [-0.2, -0.15) is 0 Å². The molecule has 0 aliphatic carbocycles. The molecule has 2 aliphatic rings. The van der Waals surface area contributed by atoms with E-state index in [1.807, 2.05) is 48.3 Å². The zero-order valence-electron chi connectivity index (χ0n) is 24.1. The molecule has 3 aromatic rings. The van der Waals surface area contributed by atoms with E-state index in [0.717, 1.165) is 46.9 Å². The first-order valence-corrected chi connectivity index (χ1v) is 14.5. The molecule has 3 aromatic carbocycles. The lowest BCUT2D eigenvalue weighted by Crippen LogP contribution is -2.61. The molecule has 5 rings (SSSR count). The number of aryl methyl sites for hydroxylation is 1. The molecule has 1 N–H and O–H groups in total. The third-order valence-corrected chi connectivity index (χ3v) is 8.04. The van der Waals surface area contributed by atoms with E-state index >= 15 is 0 Å². The Bertz CT molecular complexity index is 1460. The van der Waals surface area contributed by atoms with Crippen LogP contribution in [0.1, 0.15) is 36.5 Å². The maximum absolute atomic E-state index is 14.0. The molecule has 2 bridgehead atoms. The Kier molecular flexibility index (Phi) is 9.32. The molecular formula is C34H37F2N3O3. The smallest absolute Gasteiger partial charge is 0.251 e. The Balaban J connectivity index is 1.35. The van der Waals surface area contributed by atoms with Crippen molar-refractivity contribution in [2.75, 3.05) is 33.3 Å². The fourth-order valence-electron chi connectivity index (χ4n) is 5.83. The summed E-state index contributed by atoms with van der Waals surface area (Å²) in [6, 6.07) is 21.3. The molecule has 1 fully saturated rings. The normalized spacial score (nSPS) is 18.1. The Morgan fingerprint density at radius 2 is 1.76 bits per heavy atom. The molecule has 0 aromatic heterocycles. The van der Waals surface area contributed by atoms with Crippen molar-refractivity contribution < 1.29 is 23.1 Å². The number of halogens is 2. The highest BCUT2D eigenvalue weighted by molar-refractivity contribution is 6.03. The summed E-state index contributed by atoms with van der Waals surface area (Å²) in [6.45, 7) is 3.47. The minimum atomic E-state index is -0.587. The van der Waals surface area contributed by atoms with E-state index in [-0.39, 0.29) is 36.3 Å². The van der Waals surface area contributed by atoms with E-state index in [2.05, 4.69) is 23.5 Å². The largest absolute Gasteiger partial charge is 0.490 e. The van der Waals surface area contributed by atoms with Gasteiger partial charge in [0.1, 0.15) is 5.82 Å². The summed E-state index contributed by atoms with van der Waals surface area (Å²) in [6.07, 6.45) is 2.69. The van der Waals surface area contributed by atoms with Gasteiger partial charge in [0.25, 0.3) is 5.91 Å². The van der Waals surface area contributed by atoms with Crippen molar-refractivity contribution in [2.24, 2.45) is 0 Å². The summed E-state index contributed by atoms with van der Waals surface area (Å²) in [7, 11) is 1.84. The molecule has 2 heterocycles. The zero-order chi connectivity index (χ0) is 29.6. The van der Waals surface area contributed by atoms with Gasteiger partial charge in [-0.25, -0.2) is 8.78 Å². The molecule has 0 saturated carbocycles. The highest BCUT2D eigenvalue weighted by Gasteiger charge is 2.39. The minimum absolute atomic E-state index is 0.0153. The fourth-order valence-corrected chi connectivity index (χ4v) is 5.83. The van der Waals surface area contributed by atoms with Gasteiger partial charge in [-0.1, -0.05) is 54.6 Å². The number of hydrogen-bond acceptors (Lipinski definition) is 4. The summed E-state index contributed by atoms with van der Waals surface area (Å²) in [5, 5.41) is 3.60. The van der Waals surface area contributed by atoms with Gasteiger partial charge >= 0.3 is 0 Å². The van der Waals surface area contributed by atoms with Gasteiger partial charge in [0.05, 0.1) is 12.6 Å². The molecule has 0 radical (unpaired) electrons. The summed E-state index contributed by atoms with van der Waals surface area (Å²) in [5.74, 6) is -1.23. The third-order valence-electron chi connectivity index (χ3n) is 8.04. The third kappa shape index (κ3) is 7.05. The SMILES string of the molecule is CC(=O)N1C[C@H]2CC(c3cccc(CCCOc4cc(F)ccc4F)c3)=C(C(=O)N(C)CCc3ccccc3)[C@@H](C1)N2. The first kappa shape index (κ1) is 29.5. The van der Waals surface area contributed by atoms with E-state index < -0.39 is 11.6 Å². The van der Waals surface area contributed by atoms with Crippen LogP contribution in [0.3, 0.4) is 0 Å². The van der Waals surface area contributed by atoms with Crippen molar-refractivity contribution in [3.63, 3.8) is 0 Å². The van der Waals surface area contributed by atoms with Crippen molar-refractivity contribution >= 4 is 17.4 Å². The van der Waals surface area contributed by atoms with Gasteiger partial charge in [0.15, 0.2) is 11.6 Å². The molecular weight excluding hydrogens is 536 g/mol. The Labute approximate surface area is 246 Å². The lowest BCUT2D eigenvalue weighted by molar-refractivity contribution is -0.132. The number of amides is 2. The number of fused-ring (bicyclic) bond motifs is 2. The number of piperazine rings is 1. The number of carbonyl (C=O) groups is 2. The lowest BCUT2D eigenvalue weighted by atomic mass is 9.82. The molecule has 2 aliphatic heterocycles. The molecule has 2 amide bonds. The first-order valence-electron chi connectivity index (χ1n) is 14.5. The van der Waals surface area contributed by atoms with E-state index in [0.29, 0.717) is 38.9 Å². The number of nitrogens with zero attached hydrogens (tertiary/aromatic N) is 2. The van der Waals surface area contributed by atoms with Gasteiger partial charge in [0, 0.05) is 51.3 Å². The Morgan fingerprint density at radius 3 is 2.55 bits per heavy atom. The molecule has 8 heteroatoms. The topological polar surface area (TPSA) is 61.9 Å². The lowest BCUT2D eigenvalue weighted by Gasteiger charge is -2.44. The van der Waals surface area contributed by atoms with Crippen LogP contribution in [-0.2, 0) is 22.4 Å². The molecule has 220 valence electrons. The number of likely N-dealkylation sites (N-methyl/N-ethyl adjacent to an activating group) is 1. The quantitative estimate of drug-likeness (QED) is 0.346. The highest BCUT2D eigenvalue weighted by atomic mass is 19.1. The summed E-state index contributed by atoms with van der Waals surface area (Å²) >= 11 is 0. The number of benzene rings is 3. The van der Waals surface area contributed by atoms with Crippen LogP contribution in [0.15, 0.2) is 78.4 Å². The van der Waals surface area contributed by atoms with Gasteiger partial charge in [-0.3, -0.25) is 9.59 Å². The van der Waals surface area contributed by atoms with Crippen LogP contribution in [-0.4, -0.2) is 67.0 Å². The molecule has 0 unspecified atom stereocenters. The highest BCUT2D eigenvalue weighted by Crippen LogP contribution is 2.34. The first-order chi connectivity index (χ1) is 20.3. The van der Waals surface area contributed by atoms with Gasteiger partial charge < -0.3 is 19.9 Å². The van der Waals surface area contributed by atoms with Gasteiger partial charge in [-0.15, -0.1) is 0 Å². The average Bonchev–Trinajstić information content (AvgIpc) is 2.99. The van der Waals surface area contributed by atoms with Crippen LogP contribution in [0.2, 0.25) is 0 Å². The number of hydrogen-bond donors (Lipinski definition) is 1. The predicted molar refractivity (Wildman–Crippen MR) is 159 cm³/mol. The zero-order valence-corrected chi connectivity index (χ0v) is 24.1. The Morgan fingerprint density at radius 1 is 0.976 bits per heavy atom. The summed E-state index contributed by atoms with van der Waals surface area (Å²) in [5.41, 5.74) is 4.97. The number of rotatable bonds is 10. The number of carbonyl (C=O) groups excluding carboxylic acids is 2. The van der Waals surface area contributed by atoms with Crippen LogP contribution in [0.25, 0.3) is 5.57 Å². The van der Waals surface area contributed by atoms with Crippen molar-refractivity contribution in [3.8, 4) is 5.75 Å². The minimum Gasteiger partial charge on any atom is -0.490 e. The molecule has 1 saturated heterocycles. The van der Waals surface area contributed by atoms with E-state index in [1.165, 1.54) is 5.56 Å². The van der Waals surface area contributed by atoms with Gasteiger partial charge in [0.2, 0.25) is 5.91 Å². The molecule has 42 heavy (non-hydrogen) atoms. The molecule has 6 nitrogen and oxygen atoms in total. The summed E-state index contributed by atoms with van der Waals surface area (Å²) < 4.78 is 32.8.